The highest BCUT2D eigenvalue weighted by molar-refractivity contribution is 9.10. The van der Waals surface area contributed by atoms with Crippen molar-refractivity contribution >= 4 is 51.7 Å². The summed E-state index contributed by atoms with van der Waals surface area (Å²) >= 11 is 11.0. The van der Waals surface area contributed by atoms with Crippen LogP contribution in [-0.4, -0.2) is 29.3 Å². The Bertz CT molecular complexity index is 459. The highest BCUT2D eigenvalue weighted by Crippen LogP contribution is 2.25. The predicted molar refractivity (Wildman–Crippen MR) is 80.6 cm³/mol. The third kappa shape index (κ3) is 5.84. The van der Waals surface area contributed by atoms with E-state index in [4.69, 9.17) is 16.7 Å². The molecule has 1 amide bonds. The molecule has 0 saturated heterocycles. The second kappa shape index (κ2) is 8.45. The molecule has 19 heavy (non-hydrogen) atoms. The Morgan fingerprint density at radius 1 is 1.58 bits per heavy atom. The number of nitrogens with one attached hydrogen (secondary N) is 1. The van der Waals surface area contributed by atoms with E-state index in [2.05, 4.69) is 21.2 Å². The second-order valence-electron chi connectivity index (χ2n) is 3.75. The van der Waals surface area contributed by atoms with E-state index in [-0.39, 0.29) is 0 Å². The highest BCUT2D eigenvalue weighted by Gasteiger charge is 2.15. The lowest BCUT2D eigenvalue weighted by Crippen LogP contribution is -2.36. The van der Waals surface area contributed by atoms with Gasteiger partial charge in [0.25, 0.3) is 0 Å². The number of hydrogen-bond donors (Lipinski definition) is 2. The van der Waals surface area contributed by atoms with Gasteiger partial charge in [0.15, 0.2) is 0 Å². The number of halogens is 2. The van der Waals surface area contributed by atoms with Crippen molar-refractivity contribution in [2.45, 2.75) is 18.2 Å². The molecule has 0 fully saturated rings. The largest absolute Gasteiger partial charge is 0.480 e. The molecular weight excluding hydrogens is 354 g/mol. The number of benzene rings is 1. The zero-order chi connectivity index (χ0) is 14.3. The fourth-order valence-electron chi connectivity index (χ4n) is 1.38. The summed E-state index contributed by atoms with van der Waals surface area (Å²) in [6.07, 6.45) is 0.794. The van der Waals surface area contributed by atoms with Gasteiger partial charge in [-0.25, -0.2) is 4.79 Å². The Labute approximate surface area is 129 Å². The lowest BCUT2D eigenvalue weighted by Gasteiger charge is -2.10. The topological polar surface area (TPSA) is 66.4 Å². The van der Waals surface area contributed by atoms with Crippen molar-refractivity contribution in [3.8, 4) is 0 Å². The van der Waals surface area contributed by atoms with Gasteiger partial charge in [-0.2, -0.15) is 11.8 Å². The van der Waals surface area contributed by atoms with E-state index < -0.39 is 12.0 Å². The third-order valence-corrected chi connectivity index (χ3v) is 4.28. The average molecular weight is 367 g/mol. The van der Waals surface area contributed by atoms with Crippen LogP contribution in [0.15, 0.2) is 22.7 Å². The third-order valence-electron chi connectivity index (χ3n) is 2.39. The number of carbonyl (C=O) groups is 2. The normalized spacial score (nSPS) is 11.9. The fraction of sp³-hybridized carbons (Fsp3) is 0.333. The van der Waals surface area contributed by atoms with E-state index >= 15 is 0 Å². The number of thioether (sulfide) groups is 1. The maximum atomic E-state index is 10.8. The maximum absolute atomic E-state index is 10.8. The van der Waals surface area contributed by atoms with Gasteiger partial charge in [0, 0.05) is 15.2 Å². The van der Waals surface area contributed by atoms with Gasteiger partial charge in [-0.05, 0) is 29.9 Å². The minimum absolute atomic E-state index is 0.382. The molecule has 7 heteroatoms. The van der Waals surface area contributed by atoms with E-state index in [0.717, 1.165) is 10.0 Å². The Morgan fingerprint density at radius 2 is 2.32 bits per heavy atom. The number of amides is 1. The first-order chi connectivity index (χ1) is 9.04. The molecule has 0 spiro atoms. The van der Waals surface area contributed by atoms with E-state index in [1.165, 1.54) is 0 Å². The number of hydrogen-bond acceptors (Lipinski definition) is 3. The maximum Gasteiger partial charge on any atom is 0.326 e. The summed E-state index contributed by atoms with van der Waals surface area (Å²) < 4.78 is 0.923. The summed E-state index contributed by atoms with van der Waals surface area (Å²) in [5, 5.41) is 11.8. The van der Waals surface area contributed by atoms with Gasteiger partial charge in [-0.3, -0.25) is 4.79 Å². The Balaban J connectivity index is 2.37. The van der Waals surface area contributed by atoms with Crippen molar-refractivity contribution in [1.29, 1.82) is 0 Å². The molecule has 104 valence electrons. The van der Waals surface area contributed by atoms with Gasteiger partial charge in [0.2, 0.25) is 6.41 Å². The zero-order valence-corrected chi connectivity index (χ0v) is 13.1. The number of rotatable bonds is 8. The van der Waals surface area contributed by atoms with E-state index in [1.807, 2.05) is 18.2 Å². The predicted octanol–water partition coefficient (Wildman–Crippen LogP) is 2.93. The quantitative estimate of drug-likeness (QED) is 0.548. The molecule has 0 aliphatic rings. The first-order valence-corrected chi connectivity index (χ1v) is 7.81. The molecular formula is C12H13BrClNO3S. The first-order valence-electron chi connectivity index (χ1n) is 5.48. The average Bonchev–Trinajstić information content (AvgIpc) is 2.35. The molecule has 1 aromatic rings. The second-order valence-corrected chi connectivity index (χ2v) is 6.18. The lowest BCUT2D eigenvalue weighted by atomic mass is 10.2. The van der Waals surface area contributed by atoms with E-state index in [0.29, 0.717) is 29.4 Å². The van der Waals surface area contributed by atoms with Crippen LogP contribution in [0.4, 0.5) is 0 Å². The van der Waals surface area contributed by atoms with Crippen molar-refractivity contribution < 1.29 is 14.7 Å². The van der Waals surface area contributed by atoms with Gasteiger partial charge in [-0.1, -0.05) is 33.6 Å². The van der Waals surface area contributed by atoms with Crippen LogP contribution in [-0.2, 0) is 15.3 Å². The van der Waals surface area contributed by atoms with E-state index in [9.17, 15) is 9.59 Å². The smallest absolute Gasteiger partial charge is 0.326 e. The minimum Gasteiger partial charge on any atom is -0.480 e. The van der Waals surface area contributed by atoms with Gasteiger partial charge < -0.3 is 10.4 Å². The van der Waals surface area contributed by atoms with Crippen molar-refractivity contribution in [2.24, 2.45) is 0 Å². The monoisotopic (exact) mass is 365 g/mol. The van der Waals surface area contributed by atoms with Crippen molar-refractivity contribution in [1.82, 2.24) is 5.32 Å². The summed E-state index contributed by atoms with van der Waals surface area (Å²) in [6.45, 7) is 0. The van der Waals surface area contributed by atoms with Gasteiger partial charge in [-0.15, -0.1) is 0 Å². The van der Waals surface area contributed by atoms with Crippen LogP contribution >= 0.6 is 39.3 Å². The van der Waals surface area contributed by atoms with Crippen LogP contribution in [0.2, 0.25) is 5.02 Å². The van der Waals surface area contributed by atoms with Crippen LogP contribution in [0.25, 0.3) is 0 Å². The summed E-state index contributed by atoms with van der Waals surface area (Å²) in [5.74, 6) is 0.318. The molecule has 0 aliphatic carbocycles. The SMILES string of the molecule is O=CNC(CCSCc1ccc(Br)cc1Cl)C(=O)O. The summed E-state index contributed by atoms with van der Waals surface area (Å²) in [5.41, 5.74) is 1.00. The molecule has 2 N–H and O–H groups in total. The summed E-state index contributed by atoms with van der Waals surface area (Å²) in [7, 11) is 0. The van der Waals surface area contributed by atoms with Crippen molar-refractivity contribution in [3.63, 3.8) is 0 Å². The van der Waals surface area contributed by atoms with Crippen LogP contribution < -0.4 is 5.32 Å². The Hall–Kier alpha value is -0.720. The number of aliphatic carboxylic acids is 1. The number of carboxylic acid groups (broad SMARTS) is 1. The van der Waals surface area contributed by atoms with Crippen molar-refractivity contribution in [3.05, 3.63) is 33.3 Å². The number of carboxylic acids is 1. The van der Waals surface area contributed by atoms with Crippen LogP contribution in [0.3, 0.4) is 0 Å². The van der Waals surface area contributed by atoms with Crippen LogP contribution in [0.5, 0.6) is 0 Å². The fourth-order valence-corrected chi connectivity index (χ4v) is 3.22. The minimum atomic E-state index is -1.02. The van der Waals surface area contributed by atoms with Crippen LogP contribution in [0.1, 0.15) is 12.0 Å². The molecule has 0 bridgehead atoms. The van der Waals surface area contributed by atoms with Crippen molar-refractivity contribution in [2.75, 3.05) is 5.75 Å². The molecule has 1 rings (SSSR count). The van der Waals surface area contributed by atoms with Crippen LogP contribution in [0, 0.1) is 0 Å². The highest BCUT2D eigenvalue weighted by atomic mass is 79.9. The Morgan fingerprint density at radius 3 is 2.89 bits per heavy atom. The first kappa shape index (κ1) is 16.3. The van der Waals surface area contributed by atoms with E-state index in [1.54, 1.807) is 11.8 Å². The van der Waals surface area contributed by atoms with Gasteiger partial charge >= 0.3 is 5.97 Å². The Kier molecular flexibility index (Phi) is 7.27. The number of carbonyl (C=O) groups excluding carboxylic acids is 1. The molecule has 0 saturated carbocycles. The lowest BCUT2D eigenvalue weighted by molar-refractivity contribution is -0.140. The molecule has 0 aromatic heterocycles. The summed E-state index contributed by atoms with van der Waals surface area (Å²) in [6, 6.07) is 4.84. The summed E-state index contributed by atoms with van der Waals surface area (Å²) in [4.78, 5) is 21.0. The van der Waals surface area contributed by atoms with Gasteiger partial charge in [0.1, 0.15) is 6.04 Å². The molecule has 0 heterocycles. The standard InChI is InChI=1S/C12H13BrClNO3S/c13-9-2-1-8(10(14)5-9)6-19-4-3-11(12(17)18)15-7-16/h1-2,5,7,11H,3-4,6H2,(H,15,16)(H,17,18). The van der Waals surface area contributed by atoms with Gasteiger partial charge in [0.05, 0.1) is 0 Å². The molecule has 0 aliphatic heterocycles. The zero-order valence-electron chi connectivity index (χ0n) is 9.94. The molecule has 0 radical (unpaired) electrons. The molecule has 4 nitrogen and oxygen atoms in total. The molecule has 1 aromatic carbocycles. The molecule has 1 atom stereocenters. The molecule has 1 unspecified atom stereocenters.